The molecule has 2 aromatic rings. The highest BCUT2D eigenvalue weighted by atomic mass is 35.5. The van der Waals surface area contributed by atoms with E-state index in [2.05, 4.69) is 4.90 Å². The third kappa shape index (κ3) is 3.24. The van der Waals surface area contributed by atoms with E-state index >= 15 is 0 Å². The minimum Gasteiger partial charge on any atom is -0.507 e. The van der Waals surface area contributed by atoms with Gasteiger partial charge in [-0.1, -0.05) is 23.7 Å². The van der Waals surface area contributed by atoms with E-state index in [1.807, 2.05) is 29.2 Å². The fourth-order valence-corrected chi connectivity index (χ4v) is 4.06. The van der Waals surface area contributed by atoms with E-state index in [1.165, 1.54) is 19.4 Å². The molecule has 2 aromatic carbocycles. The van der Waals surface area contributed by atoms with E-state index in [1.54, 1.807) is 18.2 Å². The summed E-state index contributed by atoms with van der Waals surface area (Å²) in [6.07, 6.45) is 2.43. The molecule has 0 aromatic heterocycles. The number of carbonyl (C=O) groups excluding carboxylic acids is 1. The van der Waals surface area contributed by atoms with Gasteiger partial charge in [0.2, 0.25) is 0 Å². The fourth-order valence-electron chi connectivity index (χ4n) is 3.89. The molecule has 2 heterocycles. The first-order valence-corrected chi connectivity index (χ1v) is 9.12. The Morgan fingerprint density at radius 1 is 1.08 bits per heavy atom. The normalized spacial score (nSPS) is 20.5. The van der Waals surface area contributed by atoms with Crippen LogP contribution in [0.15, 0.2) is 42.5 Å². The predicted molar refractivity (Wildman–Crippen MR) is 99.1 cm³/mol. The predicted octanol–water partition coefficient (Wildman–Crippen LogP) is 3.63. The maximum absolute atomic E-state index is 12.8. The van der Waals surface area contributed by atoms with Crippen molar-refractivity contribution in [1.29, 1.82) is 0 Å². The van der Waals surface area contributed by atoms with Crippen LogP contribution in [-0.4, -0.2) is 53.0 Å². The zero-order valence-corrected chi connectivity index (χ0v) is 14.7. The molecular formula is C20H21ClN2O2. The molecule has 0 saturated carbocycles. The Balaban J connectivity index is 1.52. The second-order valence-electron chi connectivity index (χ2n) is 6.82. The molecule has 2 fully saturated rings. The van der Waals surface area contributed by atoms with Gasteiger partial charge in [-0.2, -0.15) is 0 Å². The Kier molecular flexibility index (Phi) is 4.40. The lowest BCUT2D eigenvalue weighted by Crippen LogP contribution is -2.52. The van der Waals surface area contributed by atoms with E-state index < -0.39 is 0 Å². The number of fused-ring (bicyclic) bond motifs is 1. The number of nitrogens with zero attached hydrogens (tertiary/aromatic N) is 2. The van der Waals surface area contributed by atoms with Crippen LogP contribution in [0.25, 0.3) is 11.1 Å². The van der Waals surface area contributed by atoms with Crippen LogP contribution in [-0.2, 0) is 0 Å². The van der Waals surface area contributed by atoms with Gasteiger partial charge in [0.1, 0.15) is 5.75 Å². The lowest BCUT2D eigenvalue weighted by Gasteiger charge is -2.37. The van der Waals surface area contributed by atoms with Gasteiger partial charge in [-0.05, 0) is 55.3 Å². The van der Waals surface area contributed by atoms with Gasteiger partial charge >= 0.3 is 0 Å². The number of halogens is 1. The maximum atomic E-state index is 12.8. The number of carbonyl (C=O) groups is 1. The number of hydrogen-bond acceptors (Lipinski definition) is 3. The van der Waals surface area contributed by atoms with Crippen molar-refractivity contribution in [3.63, 3.8) is 0 Å². The van der Waals surface area contributed by atoms with Crippen LogP contribution in [0.2, 0.25) is 5.02 Å². The lowest BCUT2D eigenvalue weighted by atomic mass is 10.0. The van der Waals surface area contributed by atoms with Crippen LogP contribution in [0, 0.1) is 0 Å². The number of rotatable bonds is 2. The number of piperazine rings is 1. The minimum atomic E-state index is 0.0911. The second kappa shape index (κ2) is 6.70. The molecule has 4 nitrogen and oxygen atoms in total. The lowest BCUT2D eigenvalue weighted by molar-refractivity contribution is 0.0571. The third-order valence-corrected chi connectivity index (χ3v) is 5.51. The zero-order chi connectivity index (χ0) is 17.4. The van der Waals surface area contributed by atoms with Crippen molar-refractivity contribution in [2.75, 3.05) is 26.2 Å². The van der Waals surface area contributed by atoms with Crippen molar-refractivity contribution in [2.45, 2.75) is 18.9 Å². The monoisotopic (exact) mass is 356 g/mol. The van der Waals surface area contributed by atoms with Crippen LogP contribution < -0.4 is 0 Å². The number of aromatic hydroxyl groups is 1. The summed E-state index contributed by atoms with van der Waals surface area (Å²) in [4.78, 5) is 17.3. The molecule has 0 aliphatic carbocycles. The van der Waals surface area contributed by atoms with Crippen LogP contribution in [0.4, 0.5) is 0 Å². The van der Waals surface area contributed by atoms with Crippen LogP contribution in [0.1, 0.15) is 23.2 Å². The molecule has 2 aliphatic heterocycles. The molecule has 2 aliphatic rings. The standard InChI is InChI=1S/C20H21ClN2O2/c21-16-7-8-19(24)18(12-16)14-3-5-15(6-4-14)20(25)23-11-10-22-9-1-2-17(22)13-23/h3-8,12,17,24H,1-2,9-11,13H2. The quantitative estimate of drug-likeness (QED) is 0.893. The molecule has 130 valence electrons. The Morgan fingerprint density at radius 3 is 2.68 bits per heavy atom. The number of hydrogen-bond donors (Lipinski definition) is 1. The molecule has 0 radical (unpaired) electrons. The molecule has 0 bridgehead atoms. The SMILES string of the molecule is O=C(c1ccc(-c2cc(Cl)ccc2O)cc1)N1CCN2CCCC2C1. The number of benzene rings is 2. The van der Waals surface area contributed by atoms with E-state index in [-0.39, 0.29) is 11.7 Å². The van der Waals surface area contributed by atoms with Crippen molar-refractivity contribution in [2.24, 2.45) is 0 Å². The van der Waals surface area contributed by atoms with Crippen LogP contribution >= 0.6 is 11.6 Å². The molecule has 2 saturated heterocycles. The van der Waals surface area contributed by atoms with E-state index in [4.69, 9.17) is 11.6 Å². The highest BCUT2D eigenvalue weighted by Gasteiger charge is 2.32. The Hall–Kier alpha value is -2.04. The zero-order valence-electron chi connectivity index (χ0n) is 14.0. The number of amides is 1. The molecule has 4 rings (SSSR count). The Morgan fingerprint density at radius 2 is 1.88 bits per heavy atom. The summed E-state index contributed by atoms with van der Waals surface area (Å²) < 4.78 is 0. The summed E-state index contributed by atoms with van der Waals surface area (Å²) in [5.41, 5.74) is 2.21. The van der Waals surface area contributed by atoms with E-state index in [0.29, 0.717) is 22.2 Å². The molecule has 1 atom stereocenters. The van der Waals surface area contributed by atoms with Gasteiger partial charge in [0.25, 0.3) is 5.91 Å². The van der Waals surface area contributed by atoms with Gasteiger partial charge in [-0.25, -0.2) is 0 Å². The van der Waals surface area contributed by atoms with Gasteiger partial charge in [-0.15, -0.1) is 0 Å². The van der Waals surface area contributed by atoms with Crippen LogP contribution in [0.5, 0.6) is 5.75 Å². The molecule has 1 unspecified atom stereocenters. The number of phenols is 1. The second-order valence-corrected chi connectivity index (χ2v) is 7.26. The van der Waals surface area contributed by atoms with E-state index in [0.717, 1.165) is 25.2 Å². The van der Waals surface area contributed by atoms with Crippen molar-refractivity contribution >= 4 is 17.5 Å². The van der Waals surface area contributed by atoms with Gasteiger partial charge in [0, 0.05) is 41.8 Å². The first-order chi connectivity index (χ1) is 12.1. The van der Waals surface area contributed by atoms with Crippen molar-refractivity contribution in [3.05, 3.63) is 53.1 Å². The molecule has 1 N–H and O–H groups in total. The van der Waals surface area contributed by atoms with E-state index in [9.17, 15) is 9.90 Å². The minimum absolute atomic E-state index is 0.0911. The fraction of sp³-hybridized carbons (Fsp3) is 0.350. The summed E-state index contributed by atoms with van der Waals surface area (Å²) >= 11 is 6.02. The summed E-state index contributed by atoms with van der Waals surface area (Å²) in [6, 6.07) is 12.9. The Labute approximate surface area is 152 Å². The summed E-state index contributed by atoms with van der Waals surface area (Å²) in [5, 5.41) is 10.6. The van der Waals surface area contributed by atoms with Crippen LogP contribution in [0.3, 0.4) is 0 Å². The highest BCUT2D eigenvalue weighted by Crippen LogP contribution is 2.32. The molecule has 5 heteroatoms. The molecular weight excluding hydrogens is 336 g/mol. The van der Waals surface area contributed by atoms with Crippen molar-refractivity contribution < 1.29 is 9.90 Å². The summed E-state index contributed by atoms with van der Waals surface area (Å²) in [5.74, 6) is 0.272. The van der Waals surface area contributed by atoms with Gasteiger partial charge in [0.05, 0.1) is 0 Å². The Bertz CT molecular complexity index is 791. The van der Waals surface area contributed by atoms with Crippen molar-refractivity contribution in [1.82, 2.24) is 9.80 Å². The maximum Gasteiger partial charge on any atom is 0.253 e. The molecule has 0 spiro atoms. The average molecular weight is 357 g/mol. The molecule has 1 amide bonds. The third-order valence-electron chi connectivity index (χ3n) is 5.28. The smallest absolute Gasteiger partial charge is 0.253 e. The molecule has 25 heavy (non-hydrogen) atoms. The summed E-state index contributed by atoms with van der Waals surface area (Å²) in [6.45, 7) is 3.78. The van der Waals surface area contributed by atoms with Crippen molar-refractivity contribution in [3.8, 4) is 16.9 Å². The summed E-state index contributed by atoms with van der Waals surface area (Å²) in [7, 11) is 0. The topological polar surface area (TPSA) is 43.8 Å². The average Bonchev–Trinajstić information content (AvgIpc) is 3.11. The first kappa shape index (κ1) is 16.4. The van der Waals surface area contributed by atoms with Gasteiger partial charge < -0.3 is 10.0 Å². The highest BCUT2D eigenvalue weighted by molar-refractivity contribution is 6.31. The first-order valence-electron chi connectivity index (χ1n) is 8.74. The van der Waals surface area contributed by atoms with Gasteiger partial charge in [-0.3, -0.25) is 9.69 Å². The largest absolute Gasteiger partial charge is 0.507 e. The van der Waals surface area contributed by atoms with Gasteiger partial charge in [0.15, 0.2) is 0 Å². The number of phenolic OH excluding ortho intramolecular Hbond substituents is 1.